The molecule has 1 aliphatic rings. The maximum atomic E-state index is 14.3. The lowest BCUT2D eigenvalue weighted by Crippen LogP contribution is -2.45. The molecule has 0 saturated carbocycles. The number of rotatable bonds is 3. The molecular formula is C22H22ClFN6. The Morgan fingerprint density at radius 3 is 2.50 bits per heavy atom. The highest BCUT2D eigenvalue weighted by Crippen LogP contribution is 2.30. The molecule has 154 valence electrons. The van der Waals surface area contributed by atoms with Crippen LogP contribution in [0.3, 0.4) is 0 Å². The molecule has 0 radical (unpaired) electrons. The molecule has 3 aromatic heterocycles. The molecule has 4 heterocycles. The Bertz CT molecular complexity index is 1150. The summed E-state index contributed by atoms with van der Waals surface area (Å²) in [6, 6.07) is 12.7. The Hall–Kier alpha value is -3.03. The van der Waals surface area contributed by atoms with Gasteiger partial charge in [0.1, 0.15) is 11.6 Å². The van der Waals surface area contributed by atoms with E-state index in [2.05, 4.69) is 27.9 Å². The summed E-state index contributed by atoms with van der Waals surface area (Å²) in [6.07, 6.45) is 5.37. The van der Waals surface area contributed by atoms with E-state index in [1.54, 1.807) is 29.0 Å². The van der Waals surface area contributed by atoms with E-state index in [-0.39, 0.29) is 18.2 Å². The third-order valence-corrected chi connectivity index (χ3v) is 5.36. The molecule has 0 bridgehead atoms. The summed E-state index contributed by atoms with van der Waals surface area (Å²) in [7, 11) is 2.13. The molecule has 30 heavy (non-hydrogen) atoms. The highest BCUT2D eigenvalue weighted by molar-refractivity contribution is 5.85. The lowest BCUT2D eigenvalue weighted by Gasteiger charge is -2.33. The second-order valence-electron chi connectivity index (χ2n) is 7.32. The molecule has 0 unspecified atom stereocenters. The van der Waals surface area contributed by atoms with Gasteiger partial charge in [0.15, 0.2) is 5.65 Å². The molecule has 5 rings (SSSR count). The lowest BCUT2D eigenvalue weighted by molar-refractivity contribution is 0.311. The number of hydrogen-bond donors (Lipinski definition) is 0. The number of benzene rings is 1. The van der Waals surface area contributed by atoms with Gasteiger partial charge in [-0.15, -0.1) is 17.5 Å². The maximum Gasteiger partial charge on any atom is 0.162 e. The second-order valence-corrected chi connectivity index (χ2v) is 7.32. The van der Waals surface area contributed by atoms with Gasteiger partial charge in [-0.1, -0.05) is 18.2 Å². The first-order chi connectivity index (χ1) is 14.2. The summed E-state index contributed by atoms with van der Waals surface area (Å²) in [5, 5.41) is 4.80. The van der Waals surface area contributed by atoms with Crippen molar-refractivity contribution in [3.63, 3.8) is 0 Å². The van der Waals surface area contributed by atoms with Crippen molar-refractivity contribution in [2.75, 3.05) is 38.1 Å². The van der Waals surface area contributed by atoms with Crippen LogP contribution >= 0.6 is 12.4 Å². The van der Waals surface area contributed by atoms with Crippen molar-refractivity contribution in [2.45, 2.75) is 0 Å². The van der Waals surface area contributed by atoms with Gasteiger partial charge in [0.25, 0.3) is 0 Å². The molecule has 1 fully saturated rings. The predicted octanol–water partition coefficient (Wildman–Crippen LogP) is 3.77. The predicted molar refractivity (Wildman–Crippen MR) is 119 cm³/mol. The minimum absolute atomic E-state index is 0. The second kappa shape index (κ2) is 8.38. The topological polar surface area (TPSA) is 49.6 Å². The molecule has 0 N–H and O–H groups in total. The highest BCUT2D eigenvalue weighted by Gasteiger charge is 2.20. The number of hydrogen-bond acceptors (Lipinski definition) is 5. The van der Waals surface area contributed by atoms with Crippen LogP contribution in [0, 0.1) is 5.82 Å². The largest absolute Gasteiger partial charge is 0.353 e. The number of anilines is 1. The number of imidazole rings is 1. The molecule has 6 nitrogen and oxygen atoms in total. The number of likely N-dealkylation sites (N-methyl/N-ethyl adjacent to an activating group) is 1. The van der Waals surface area contributed by atoms with E-state index in [0.717, 1.165) is 43.1 Å². The van der Waals surface area contributed by atoms with Crippen LogP contribution in [0.15, 0.2) is 61.1 Å². The van der Waals surface area contributed by atoms with Gasteiger partial charge in [0, 0.05) is 55.3 Å². The SMILES string of the molecule is CN1CCN(c2cc(-c3cccnc3)c3nc(-c4ccccc4F)cn3n2)CC1.Cl. The molecule has 4 aromatic rings. The van der Waals surface area contributed by atoms with Gasteiger partial charge in [-0.25, -0.2) is 13.9 Å². The average Bonchev–Trinajstić information content (AvgIpc) is 3.18. The van der Waals surface area contributed by atoms with Crippen LogP contribution in [0.1, 0.15) is 0 Å². The van der Waals surface area contributed by atoms with Gasteiger partial charge >= 0.3 is 0 Å². The standard InChI is InChI=1S/C22H21FN6.ClH/c1-27-9-11-28(12-10-27)21-13-18(16-5-4-8-24-14-16)22-25-20(15-29(22)26-21)17-6-2-3-7-19(17)23;/h2-8,13-15H,9-12H2,1H3;1H. The minimum Gasteiger partial charge on any atom is -0.353 e. The third-order valence-electron chi connectivity index (χ3n) is 5.36. The molecule has 0 spiro atoms. The van der Waals surface area contributed by atoms with Crippen LogP contribution in [0.4, 0.5) is 10.2 Å². The van der Waals surface area contributed by atoms with Crippen molar-refractivity contribution >= 4 is 23.9 Å². The average molecular weight is 425 g/mol. The molecular weight excluding hydrogens is 403 g/mol. The zero-order chi connectivity index (χ0) is 19.8. The van der Waals surface area contributed by atoms with Crippen molar-refractivity contribution in [1.29, 1.82) is 0 Å². The monoisotopic (exact) mass is 424 g/mol. The third kappa shape index (κ3) is 3.74. The summed E-state index contributed by atoms with van der Waals surface area (Å²) in [5.74, 6) is 0.597. The summed E-state index contributed by atoms with van der Waals surface area (Å²) >= 11 is 0. The van der Waals surface area contributed by atoms with Crippen molar-refractivity contribution in [3.8, 4) is 22.4 Å². The Balaban J connectivity index is 0.00000218. The summed E-state index contributed by atoms with van der Waals surface area (Å²) in [5.41, 5.74) is 3.62. The first kappa shape index (κ1) is 20.3. The molecule has 0 amide bonds. The van der Waals surface area contributed by atoms with Gasteiger partial charge in [-0.2, -0.15) is 0 Å². The van der Waals surface area contributed by atoms with Gasteiger partial charge in [-0.3, -0.25) is 4.98 Å². The van der Waals surface area contributed by atoms with Crippen LogP contribution in [0.5, 0.6) is 0 Å². The molecule has 1 aliphatic heterocycles. The van der Waals surface area contributed by atoms with E-state index in [0.29, 0.717) is 16.9 Å². The number of pyridine rings is 1. The highest BCUT2D eigenvalue weighted by atomic mass is 35.5. The van der Waals surface area contributed by atoms with Crippen molar-refractivity contribution in [1.82, 2.24) is 24.5 Å². The number of piperazine rings is 1. The van der Waals surface area contributed by atoms with E-state index < -0.39 is 0 Å². The Kier molecular flexibility index (Phi) is 5.65. The molecule has 1 aromatic carbocycles. The summed E-state index contributed by atoms with van der Waals surface area (Å²) in [4.78, 5) is 13.6. The van der Waals surface area contributed by atoms with Crippen LogP contribution < -0.4 is 4.90 Å². The summed E-state index contributed by atoms with van der Waals surface area (Å²) in [6.45, 7) is 3.81. The number of fused-ring (bicyclic) bond motifs is 1. The Labute approximate surface area is 180 Å². The van der Waals surface area contributed by atoms with Crippen molar-refractivity contribution in [3.05, 3.63) is 66.9 Å². The van der Waals surface area contributed by atoms with Gasteiger partial charge in [-0.05, 0) is 31.3 Å². The molecule has 8 heteroatoms. The lowest BCUT2D eigenvalue weighted by atomic mass is 10.1. The number of halogens is 2. The fourth-order valence-electron chi connectivity index (χ4n) is 3.69. The fourth-order valence-corrected chi connectivity index (χ4v) is 3.69. The fraction of sp³-hybridized carbons (Fsp3) is 0.227. The van der Waals surface area contributed by atoms with Crippen molar-refractivity contribution < 1.29 is 4.39 Å². The van der Waals surface area contributed by atoms with E-state index >= 15 is 0 Å². The smallest absolute Gasteiger partial charge is 0.162 e. The van der Waals surface area contributed by atoms with E-state index in [1.165, 1.54) is 6.07 Å². The minimum atomic E-state index is -0.293. The van der Waals surface area contributed by atoms with E-state index in [9.17, 15) is 4.39 Å². The zero-order valence-corrected chi connectivity index (χ0v) is 17.4. The van der Waals surface area contributed by atoms with Gasteiger partial charge in [0.05, 0.1) is 11.9 Å². The van der Waals surface area contributed by atoms with Crippen molar-refractivity contribution in [2.24, 2.45) is 0 Å². The zero-order valence-electron chi connectivity index (χ0n) is 16.6. The molecule has 0 aliphatic carbocycles. The van der Waals surface area contributed by atoms with E-state index in [1.807, 2.05) is 24.4 Å². The van der Waals surface area contributed by atoms with Crippen LogP contribution in [0.2, 0.25) is 0 Å². The number of nitrogens with zero attached hydrogens (tertiary/aromatic N) is 6. The quantitative estimate of drug-likeness (QED) is 0.501. The van der Waals surface area contributed by atoms with Gasteiger partial charge < -0.3 is 9.80 Å². The maximum absolute atomic E-state index is 14.3. The van der Waals surface area contributed by atoms with E-state index in [4.69, 9.17) is 10.1 Å². The first-order valence-electron chi connectivity index (χ1n) is 9.68. The Morgan fingerprint density at radius 2 is 1.77 bits per heavy atom. The van der Waals surface area contributed by atoms with Crippen LogP contribution in [-0.2, 0) is 0 Å². The summed E-state index contributed by atoms with van der Waals surface area (Å²) < 4.78 is 16.1. The number of aromatic nitrogens is 4. The Morgan fingerprint density at radius 1 is 0.967 bits per heavy atom. The van der Waals surface area contributed by atoms with Crippen LogP contribution in [-0.4, -0.2) is 57.7 Å². The normalized spacial score (nSPS) is 14.7. The molecule has 1 saturated heterocycles. The first-order valence-corrected chi connectivity index (χ1v) is 9.68. The van der Waals surface area contributed by atoms with Crippen LogP contribution in [0.25, 0.3) is 28.0 Å². The van der Waals surface area contributed by atoms with Gasteiger partial charge in [0.2, 0.25) is 0 Å². The molecule has 0 atom stereocenters.